The molecule has 0 aliphatic heterocycles. The summed E-state index contributed by atoms with van der Waals surface area (Å²) in [5.41, 5.74) is 0.364. The zero-order chi connectivity index (χ0) is 17.3. The van der Waals surface area contributed by atoms with Crippen molar-refractivity contribution >= 4 is 22.7 Å². The van der Waals surface area contributed by atoms with Gasteiger partial charge in [0, 0.05) is 13.1 Å². The number of nitrogens with zero attached hydrogens (tertiary/aromatic N) is 3. The molecular weight excluding hydrogens is 308 g/mol. The first-order chi connectivity index (χ1) is 11.5. The third-order valence-electron chi connectivity index (χ3n) is 4.09. The molecule has 0 atom stereocenters. The molecule has 1 aliphatic carbocycles. The van der Waals surface area contributed by atoms with Gasteiger partial charge in [0.1, 0.15) is 12.4 Å². The Kier molecular flexibility index (Phi) is 4.33. The average molecular weight is 328 g/mol. The molecule has 0 unspecified atom stereocenters. The standard InChI is InChI=1S/C17H20N4O3/c1-11-18-14-6-4-3-5-13(14)17(24)21(11)10-16(23)20(2)9-15(22)19-12-7-8-12/h3-6,12H,7-10H2,1-2H3,(H,19,22). The van der Waals surface area contributed by atoms with Gasteiger partial charge in [0.15, 0.2) is 0 Å². The Labute approximate surface area is 139 Å². The number of aromatic nitrogens is 2. The zero-order valence-corrected chi connectivity index (χ0v) is 13.8. The van der Waals surface area contributed by atoms with Crippen LogP contribution in [0.4, 0.5) is 0 Å². The summed E-state index contributed by atoms with van der Waals surface area (Å²) < 4.78 is 1.35. The van der Waals surface area contributed by atoms with Gasteiger partial charge in [0.05, 0.1) is 17.4 Å². The number of amides is 2. The molecule has 0 saturated heterocycles. The second-order valence-electron chi connectivity index (χ2n) is 6.16. The van der Waals surface area contributed by atoms with Crippen molar-refractivity contribution in [2.75, 3.05) is 13.6 Å². The monoisotopic (exact) mass is 328 g/mol. The number of aryl methyl sites for hydroxylation is 1. The molecule has 1 N–H and O–H groups in total. The summed E-state index contributed by atoms with van der Waals surface area (Å²) in [6, 6.07) is 7.30. The molecule has 2 aromatic rings. The summed E-state index contributed by atoms with van der Waals surface area (Å²) in [6.07, 6.45) is 2.00. The topological polar surface area (TPSA) is 84.3 Å². The summed E-state index contributed by atoms with van der Waals surface area (Å²) in [4.78, 5) is 42.4. The minimum atomic E-state index is -0.303. The number of fused-ring (bicyclic) bond motifs is 1. The molecular formula is C17H20N4O3. The van der Waals surface area contributed by atoms with E-state index >= 15 is 0 Å². The molecule has 3 rings (SSSR count). The van der Waals surface area contributed by atoms with Gasteiger partial charge in [-0.3, -0.25) is 19.0 Å². The third-order valence-corrected chi connectivity index (χ3v) is 4.09. The predicted molar refractivity (Wildman–Crippen MR) is 89.5 cm³/mol. The zero-order valence-electron chi connectivity index (χ0n) is 13.8. The summed E-state index contributed by atoms with van der Waals surface area (Å²) in [6.45, 7) is 1.56. The summed E-state index contributed by atoms with van der Waals surface area (Å²) in [5, 5.41) is 3.31. The number of carbonyl (C=O) groups excluding carboxylic acids is 2. The van der Waals surface area contributed by atoms with Crippen molar-refractivity contribution in [3.05, 3.63) is 40.4 Å². The molecule has 1 aromatic carbocycles. The van der Waals surface area contributed by atoms with Gasteiger partial charge in [-0.2, -0.15) is 0 Å². The van der Waals surface area contributed by atoms with Crippen LogP contribution in [0.25, 0.3) is 10.9 Å². The highest BCUT2D eigenvalue weighted by atomic mass is 16.2. The Morgan fingerprint density at radius 3 is 2.75 bits per heavy atom. The maximum Gasteiger partial charge on any atom is 0.261 e. The Hall–Kier alpha value is -2.70. The van der Waals surface area contributed by atoms with Gasteiger partial charge in [-0.05, 0) is 31.9 Å². The lowest BCUT2D eigenvalue weighted by Crippen LogP contribution is -2.41. The van der Waals surface area contributed by atoms with Crippen molar-refractivity contribution in [1.29, 1.82) is 0 Å². The number of carbonyl (C=O) groups is 2. The SMILES string of the molecule is Cc1nc2ccccc2c(=O)n1CC(=O)N(C)CC(=O)NC1CC1. The van der Waals surface area contributed by atoms with E-state index in [-0.39, 0.29) is 36.5 Å². The van der Waals surface area contributed by atoms with Crippen LogP contribution in [0.3, 0.4) is 0 Å². The first-order valence-electron chi connectivity index (χ1n) is 7.95. The maximum absolute atomic E-state index is 12.6. The van der Waals surface area contributed by atoms with Crippen molar-refractivity contribution in [2.24, 2.45) is 0 Å². The van der Waals surface area contributed by atoms with Crippen molar-refractivity contribution in [3.8, 4) is 0 Å². The highest BCUT2D eigenvalue weighted by Crippen LogP contribution is 2.18. The number of benzene rings is 1. The van der Waals surface area contributed by atoms with Crippen LogP contribution in [0.5, 0.6) is 0 Å². The lowest BCUT2D eigenvalue weighted by Gasteiger charge is -2.18. The minimum Gasteiger partial charge on any atom is -0.352 e. The van der Waals surface area contributed by atoms with Crippen LogP contribution < -0.4 is 10.9 Å². The third kappa shape index (κ3) is 3.45. The second-order valence-corrected chi connectivity index (χ2v) is 6.16. The van der Waals surface area contributed by atoms with Gasteiger partial charge in [0.25, 0.3) is 5.56 Å². The van der Waals surface area contributed by atoms with Crippen molar-refractivity contribution in [2.45, 2.75) is 32.4 Å². The van der Waals surface area contributed by atoms with E-state index in [1.807, 2.05) is 6.07 Å². The largest absolute Gasteiger partial charge is 0.352 e. The van der Waals surface area contributed by atoms with E-state index in [0.29, 0.717) is 16.7 Å². The molecule has 7 heteroatoms. The van der Waals surface area contributed by atoms with Crippen LogP contribution in [-0.4, -0.2) is 45.9 Å². The molecule has 1 fully saturated rings. The van der Waals surface area contributed by atoms with Gasteiger partial charge >= 0.3 is 0 Å². The quantitative estimate of drug-likeness (QED) is 0.863. The fraction of sp³-hybridized carbons (Fsp3) is 0.412. The van der Waals surface area contributed by atoms with Crippen molar-refractivity contribution < 1.29 is 9.59 Å². The van der Waals surface area contributed by atoms with E-state index in [1.165, 1.54) is 9.47 Å². The van der Waals surface area contributed by atoms with Crippen LogP contribution in [0.2, 0.25) is 0 Å². The van der Waals surface area contributed by atoms with Gasteiger partial charge in [-0.15, -0.1) is 0 Å². The van der Waals surface area contributed by atoms with Crippen LogP contribution in [0.15, 0.2) is 29.1 Å². The maximum atomic E-state index is 12.6. The molecule has 1 aliphatic rings. The Morgan fingerprint density at radius 2 is 2.04 bits per heavy atom. The number of rotatable bonds is 5. The van der Waals surface area contributed by atoms with E-state index in [0.717, 1.165) is 12.8 Å². The molecule has 126 valence electrons. The predicted octanol–water partition coefficient (Wildman–Crippen LogP) is 0.442. The molecule has 1 saturated carbocycles. The lowest BCUT2D eigenvalue weighted by atomic mass is 10.2. The van der Waals surface area contributed by atoms with Crippen molar-refractivity contribution in [3.63, 3.8) is 0 Å². The van der Waals surface area contributed by atoms with E-state index < -0.39 is 0 Å². The number of hydrogen-bond donors (Lipinski definition) is 1. The molecule has 1 heterocycles. The Bertz CT molecular complexity index is 855. The molecule has 24 heavy (non-hydrogen) atoms. The van der Waals surface area contributed by atoms with Crippen LogP contribution in [-0.2, 0) is 16.1 Å². The second kappa shape index (κ2) is 6.43. The number of nitrogens with one attached hydrogen (secondary N) is 1. The Morgan fingerprint density at radius 1 is 1.33 bits per heavy atom. The average Bonchev–Trinajstić information content (AvgIpc) is 3.34. The molecule has 0 bridgehead atoms. The van der Waals surface area contributed by atoms with E-state index in [2.05, 4.69) is 10.3 Å². The van der Waals surface area contributed by atoms with Gasteiger partial charge in [0.2, 0.25) is 11.8 Å². The fourth-order valence-corrected chi connectivity index (χ4v) is 2.53. The van der Waals surface area contributed by atoms with Gasteiger partial charge < -0.3 is 10.2 Å². The van der Waals surface area contributed by atoms with E-state index in [1.54, 1.807) is 32.2 Å². The minimum absolute atomic E-state index is 0.00978. The van der Waals surface area contributed by atoms with Gasteiger partial charge in [-0.25, -0.2) is 4.98 Å². The number of likely N-dealkylation sites (N-methyl/N-ethyl adjacent to an activating group) is 1. The van der Waals surface area contributed by atoms with Crippen molar-refractivity contribution in [1.82, 2.24) is 19.8 Å². The van der Waals surface area contributed by atoms with Crippen LogP contribution >= 0.6 is 0 Å². The first-order valence-corrected chi connectivity index (χ1v) is 7.95. The van der Waals surface area contributed by atoms with Gasteiger partial charge in [-0.1, -0.05) is 12.1 Å². The highest BCUT2D eigenvalue weighted by Gasteiger charge is 2.24. The fourth-order valence-electron chi connectivity index (χ4n) is 2.53. The van der Waals surface area contributed by atoms with Crippen LogP contribution in [0, 0.1) is 6.92 Å². The van der Waals surface area contributed by atoms with E-state index in [9.17, 15) is 14.4 Å². The Balaban J connectivity index is 1.74. The van der Waals surface area contributed by atoms with E-state index in [4.69, 9.17) is 0 Å². The number of para-hydroxylation sites is 1. The highest BCUT2D eigenvalue weighted by molar-refractivity contribution is 5.85. The summed E-state index contributed by atoms with van der Waals surface area (Å²) >= 11 is 0. The lowest BCUT2D eigenvalue weighted by molar-refractivity contribution is -0.135. The molecule has 7 nitrogen and oxygen atoms in total. The molecule has 0 radical (unpaired) electrons. The van der Waals surface area contributed by atoms with Crippen LogP contribution in [0.1, 0.15) is 18.7 Å². The summed E-state index contributed by atoms with van der Waals surface area (Å²) in [5.74, 6) is 0.000153. The smallest absolute Gasteiger partial charge is 0.261 e. The molecule has 0 spiro atoms. The molecule has 2 amide bonds. The first kappa shape index (κ1) is 16.2. The number of hydrogen-bond acceptors (Lipinski definition) is 4. The summed E-state index contributed by atoms with van der Waals surface area (Å²) in [7, 11) is 1.56. The molecule has 1 aromatic heterocycles. The normalized spacial score (nSPS) is 13.8.